The first-order valence-electron chi connectivity index (χ1n) is 11.0. The van der Waals surface area contributed by atoms with Crippen molar-refractivity contribution in [3.8, 4) is 11.8 Å². The molecule has 0 saturated carbocycles. The lowest BCUT2D eigenvalue weighted by Gasteiger charge is -2.38. The van der Waals surface area contributed by atoms with Crippen molar-refractivity contribution in [2.45, 2.75) is 64.5 Å². The molecule has 2 heterocycles. The summed E-state index contributed by atoms with van der Waals surface area (Å²) in [6.07, 6.45) is 1.91. The van der Waals surface area contributed by atoms with Crippen molar-refractivity contribution in [2.24, 2.45) is 11.8 Å². The van der Waals surface area contributed by atoms with Crippen molar-refractivity contribution in [1.82, 2.24) is 9.88 Å². The number of benzene rings is 1. The summed E-state index contributed by atoms with van der Waals surface area (Å²) in [6.45, 7) is 10.0. The molecule has 1 saturated heterocycles. The lowest BCUT2D eigenvalue weighted by atomic mass is 9.83. The molecule has 0 bridgehead atoms. The fourth-order valence-corrected chi connectivity index (χ4v) is 5.63. The number of methoxy groups -OCH3 is 1. The smallest absolute Gasteiger partial charge is 0.329 e. The topological polar surface area (TPSA) is 104 Å². The normalized spacial score (nSPS) is 22.9. The lowest BCUT2D eigenvalue weighted by Crippen LogP contribution is -2.54. The number of likely N-dealkylation sites (tertiary alicyclic amines) is 1. The van der Waals surface area contributed by atoms with Gasteiger partial charge < -0.3 is 14.7 Å². The number of ether oxygens (including phenoxy) is 1. The standard InChI is InChI=1S/C25H31N3O4S/c1-15(2)12-25(23(30)31)13-17(14-26)20(21-27-9-10-33-21)28(25)22(29)16-7-8-18(24(3,4)5)19(11-16)32-6/h7-11,15,17,20H,12-13H2,1-6H3,(H,30,31)/t17?,20-,25+/m1/s1. The molecule has 33 heavy (non-hydrogen) atoms. The van der Waals surface area contributed by atoms with Gasteiger partial charge in [-0.1, -0.05) is 40.7 Å². The lowest BCUT2D eigenvalue weighted by molar-refractivity contribution is -0.150. The van der Waals surface area contributed by atoms with Gasteiger partial charge in [-0.05, 0) is 41.9 Å². The molecule has 0 spiro atoms. The number of amides is 1. The monoisotopic (exact) mass is 469 g/mol. The van der Waals surface area contributed by atoms with E-state index >= 15 is 0 Å². The molecule has 8 heteroatoms. The van der Waals surface area contributed by atoms with Crippen LogP contribution < -0.4 is 4.74 Å². The number of carbonyl (C=O) groups is 2. The minimum absolute atomic E-state index is 0.00332. The molecule has 176 valence electrons. The fourth-order valence-electron chi connectivity index (χ4n) is 4.84. The summed E-state index contributed by atoms with van der Waals surface area (Å²) in [5.41, 5.74) is -0.425. The van der Waals surface area contributed by atoms with Crippen LogP contribution in [-0.2, 0) is 10.2 Å². The Bertz CT molecular complexity index is 1070. The molecule has 7 nitrogen and oxygen atoms in total. The van der Waals surface area contributed by atoms with Crippen molar-refractivity contribution < 1.29 is 19.4 Å². The van der Waals surface area contributed by atoms with E-state index in [0.717, 1.165) is 5.56 Å². The maximum absolute atomic E-state index is 14.0. The number of nitriles is 1. The van der Waals surface area contributed by atoms with Gasteiger partial charge in [0.05, 0.1) is 19.1 Å². The Balaban J connectivity index is 2.20. The van der Waals surface area contributed by atoms with Crippen LogP contribution >= 0.6 is 11.3 Å². The van der Waals surface area contributed by atoms with Crippen LogP contribution in [0.25, 0.3) is 0 Å². The van der Waals surface area contributed by atoms with Crippen molar-refractivity contribution in [3.05, 3.63) is 45.9 Å². The van der Waals surface area contributed by atoms with Crippen molar-refractivity contribution in [3.63, 3.8) is 0 Å². The zero-order valence-electron chi connectivity index (χ0n) is 20.0. The number of thiazole rings is 1. The minimum Gasteiger partial charge on any atom is -0.496 e. The summed E-state index contributed by atoms with van der Waals surface area (Å²) in [5.74, 6) is -1.63. The molecule has 1 aliphatic heterocycles. The number of aliphatic carboxylic acids is 1. The summed E-state index contributed by atoms with van der Waals surface area (Å²) in [5, 5.41) is 22.7. The Kier molecular flexibility index (Phi) is 6.85. The number of nitrogens with zero attached hydrogens (tertiary/aromatic N) is 3. The molecular formula is C25H31N3O4S. The Morgan fingerprint density at radius 2 is 2.09 bits per heavy atom. The van der Waals surface area contributed by atoms with E-state index in [9.17, 15) is 20.0 Å². The number of carboxylic acid groups (broad SMARTS) is 1. The Morgan fingerprint density at radius 1 is 1.39 bits per heavy atom. The number of hydrogen-bond acceptors (Lipinski definition) is 6. The van der Waals surface area contributed by atoms with Gasteiger partial charge >= 0.3 is 5.97 Å². The van der Waals surface area contributed by atoms with Crippen LogP contribution in [0, 0.1) is 23.2 Å². The van der Waals surface area contributed by atoms with Crippen molar-refractivity contribution in [1.29, 1.82) is 5.26 Å². The van der Waals surface area contributed by atoms with Gasteiger partial charge in [-0.15, -0.1) is 11.3 Å². The van der Waals surface area contributed by atoms with Gasteiger partial charge in [-0.3, -0.25) is 4.79 Å². The molecule has 1 aromatic carbocycles. The Hall–Kier alpha value is -2.92. The molecule has 1 N–H and O–H groups in total. The average Bonchev–Trinajstić information content (AvgIpc) is 3.37. The van der Waals surface area contributed by atoms with E-state index in [-0.39, 0.29) is 24.2 Å². The summed E-state index contributed by atoms with van der Waals surface area (Å²) >= 11 is 1.33. The predicted octanol–water partition coefficient (Wildman–Crippen LogP) is 5.05. The molecule has 3 rings (SSSR count). The number of hydrogen-bond donors (Lipinski definition) is 1. The zero-order valence-corrected chi connectivity index (χ0v) is 20.8. The first kappa shape index (κ1) is 24.7. The van der Waals surface area contributed by atoms with E-state index in [0.29, 0.717) is 16.3 Å². The summed E-state index contributed by atoms with van der Waals surface area (Å²) < 4.78 is 5.58. The van der Waals surface area contributed by atoms with Gasteiger partial charge in [0.25, 0.3) is 5.91 Å². The third-order valence-electron chi connectivity index (χ3n) is 6.17. The average molecular weight is 470 g/mol. The van der Waals surface area contributed by atoms with Gasteiger partial charge in [0.15, 0.2) is 0 Å². The quantitative estimate of drug-likeness (QED) is 0.635. The molecule has 1 aromatic heterocycles. The molecule has 1 amide bonds. The van der Waals surface area contributed by atoms with Gasteiger partial charge in [0.1, 0.15) is 22.3 Å². The predicted molar refractivity (Wildman–Crippen MR) is 126 cm³/mol. The van der Waals surface area contributed by atoms with E-state index in [4.69, 9.17) is 4.74 Å². The summed E-state index contributed by atoms with van der Waals surface area (Å²) in [7, 11) is 1.55. The number of rotatable bonds is 6. The van der Waals surface area contributed by atoms with Gasteiger partial charge in [-0.25, -0.2) is 9.78 Å². The third-order valence-corrected chi connectivity index (χ3v) is 7.01. The molecule has 0 radical (unpaired) electrons. The number of carboxylic acids is 1. The van der Waals surface area contributed by atoms with E-state index in [1.807, 2.05) is 19.9 Å². The Labute approximate surface area is 199 Å². The summed E-state index contributed by atoms with van der Waals surface area (Å²) in [4.78, 5) is 32.5. The summed E-state index contributed by atoms with van der Waals surface area (Å²) in [6, 6.07) is 6.77. The molecule has 1 fully saturated rings. The van der Waals surface area contributed by atoms with Crippen molar-refractivity contribution >= 4 is 23.2 Å². The first-order valence-corrected chi connectivity index (χ1v) is 11.9. The Morgan fingerprint density at radius 3 is 2.58 bits per heavy atom. The van der Waals surface area contributed by atoms with E-state index in [1.54, 1.807) is 30.8 Å². The van der Waals surface area contributed by atoms with Crippen LogP contribution in [0.2, 0.25) is 0 Å². The highest BCUT2D eigenvalue weighted by Crippen LogP contribution is 2.50. The molecule has 0 aliphatic carbocycles. The van der Waals surface area contributed by atoms with Crippen LogP contribution in [-0.4, -0.2) is 39.5 Å². The van der Waals surface area contributed by atoms with Gasteiger partial charge in [0.2, 0.25) is 0 Å². The highest BCUT2D eigenvalue weighted by Gasteiger charge is 2.60. The van der Waals surface area contributed by atoms with Crippen LogP contribution in [0.1, 0.15) is 74.4 Å². The van der Waals surface area contributed by atoms with Crippen LogP contribution in [0.5, 0.6) is 5.75 Å². The molecule has 3 atom stereocenters. The highest BCUT2D eigenvalue weighted by atomic mass is 32.1. The molecule has 1 aliphatic rings. The second-order valence-corrected chi connectivity index (χ2v) is 11.0. The fraction of sp³-hybridized carbons (Fsp3) is 0.520. The van der Waals surface area contributed by atoms with E-state index < -0.39 is 29.4 Å². The SMILES string of the molecule is COc1cc(C(=O)N2[C@@H](c3nccs3)C(C#N)C[C@@]2(CC(C)C)C(=O)O)ccc1C(C)(C)C. The van der Waals surface area contributed by atoms with E-state index in [2.05, 4.69) is 31.8 Å². The van der Waals surface area contributed by atoms with Gasteiger partial charge in [-0.2, -0.15) is 5.26 Å². The number of carbonyl (C=O) groups excluding carboxylic acids is 1. The largest absolute Gasteiger partial charge is 0.496 e. The highest BCUT2D eigenvalue weighted by molar-refractivity contribution is 7.09. The maximum Gasteiger partial charge on any atom is 0.329 e. The zero-order chi connectivity index (χ0) is 24.6. The molecule has 1 unspecified atom stereocenters. The van der Waals surface area contributed by atoms with Crippen LogP contribution in [0.4, 0.5) is 0 Å². The third kappa shape index (κ3) is 4.47. The van der Waals surface area contributed by atoms with Crippen LogP contribution in [0.15, 0.2) is 29.8 Å². The van der Waals surface area contributed by atoms with Crippen molar-refractivity contribution in [2.75, 3.05) is 7.11 Å². The van der Waals surface area contributed by atoms with Crippen LogP contribution in [0.3, 0.4) is 0 Å². The molecular weight excluding hydrogens is 438 g/mol. The number of aromatic nitrogens is 1. The minimum atomic E-state index is -1.50. The first-order chi connectivity index (χ1) is 15.5. The second kappa shape index (κ2) is 9.14. The van der Waals surface area contributed by atoms with E-state index in [1.165, 1.54) is 16.2 Å². The maximum atomic E-state index is 14.0. The second-order valence-electron chi connectivity index (χ2n) is 10.0. The van der Waals surface area contributed by atoms with Gasteiger partial charge in [0, 0.05) is 17.1 Å². The molecule has 2 aromatic rings.